The molecule has 5 nitrogen and oxygen atoms in total. The van der Waals surface area contributed by atoms with Crippen LogP contribution in [-0.2, 0) is 0 Å². The normalized spacial score (nSPS) is 15.9. The van der Waals surface area contributed by atoms with E-state index in [1.807, 2.05) is 12.1 Å². The van der Waals surface area contributed by atoms with Crippen molar-refractivity contribution in [2.45, 2.75) is 32.7 Å². The molecule has 2 aromatic rings. The number of piperidine rings is 1. The van der Waals surface area contributed by atoms with Crippen molar-refractivity contribution in [2.75, 3.05) is 30.4 Å². The first kappa shape index (κ1) is 19.4. The van der Waals surface area contributed by atoms with Crippen molar-refractivity contribution in [3.8, 4) is 5.75 Å². The molecule has 0 bridgehead atoms. The van der Waals surface area contributed by atoms with E-state index in [4.69, 9.17) is 17.0 Å². The van der Waals surface area contributed by atoms with E-state index in [9.17, 15) is 0 Å². The predicted molar refractivity (Wildman–Crippen MR) is 116 cm³/mol. The highest BCUT2D eigenvalue weighted by molar-refractivity contribution is 7.80. The van der Waals surface area contributed by atoms with E-state index in [1.54, 1.807) is 13.3 Å². The summed E-state index contributed by atoms with van der Waals surface area (Å²) in [5.41, 5.74) is 2.50. The number of rotatable bonds is 5. The van der Waals surface area contributed by atoms with Crippen molar-refractivity contribution >= 4 is 28.8 Å². The summed E-state index contributed by atoms with van der Waals surface area (Å²) in [5, 5.41) is 6.94. The Labute approximate surface area is 167 Å². The highest BCUT2D eigenvalue weighted by Crippen LogP contribution is 2.25. The zero-order valence-electron chi connectivity index (χ0n) is 16.2. The molecule has 3 rings (SSSR count). The van der Waals surface area contributed by atoms with Crippen LogP contribution in [0.5, 0.6) is 5.75 Å². The topological polar surface area (TPSA) is 49.4 Å². The number of pyridine rings is 1. The Kier molecular flexibility index (Phi) is 6.50. The zero-order valence-corrected chi connectivity index (χ0v) is 17.1. The summed E-state index contributed by atoms with van der Waals surface area (Å²) in [4.78, 5) is 6.74. The van der Waals surface area contributed by atoms with E-state index in [1.165, 1.54) is 24.1 Å². The van der Waals surface area contributed by atoms with Gasteiger partial charge in [0, 0.05) is 25.0 Å². The smallest absolute Gasteiger partial charge is 0.174 e. The summed E-state index contributed by atoms with van der Waals surface area (Å²) < 4.78 is 5.30. The highest BCUT2D eigenvalue weighted by atomic mass is 32.1. The molecule has 2 heterocycles. The quantitative estimate of drug-likeness (QED) is 0.747. The first-order valence-electron chi connectivity index (χ1n) is 9.48. The van der Waals surface area contributed by atoms with Crippen LogP contribution < -0.4 is 20.3 Å². The van der Waals surface area contributed by atoms with Crippen molar-refractivity contribution in [3.63, 3.8) is 0 Å². The number of thiocarbonyl (C=S) groups is 1. The van der Waals surface area contributed by atoms with Gasteiger partial charge in [-0.15, -0.1) is 0 Å². The van der Waals surface area contributed by atoms with Crippen LogP contribution in [0.2, 0.25) is 0 Å². The summed E-state index contributed by atoms with van der Waals surface area (Å²) >= 11 is 5.43. The SMILES string of the molecule is COc1cccnc1NC(=S)NC(C)c1ccc(N2CCC(C)CC2)cc1. The maximum atomic E-state index is 5.43. The van der Waals surface area contributed by atoms with E-state index < -0.39 is 0 Å². The molecule has 1 aromatic carbocycles. The number of anilines is 2. The van der Waals surface area contributed by atoms with Crippen LogP contribution in [-0.4, -0.2) is 30.3 Å². The number of nitrogens with zero attached hydrogens (tertiary/aromatic N) is 2. The molecule has 6 heteroatoms. The van der Waals surface area contributed by atoms with Crippen molar-refractivity contribution in [3.05, 3.63) is 48.2 Å². The molecule has 2 N–H and O–H groups in total. The van der Waals surface area contributed by atoms with E-state index in [0.29, 0.717) is 16.7 Å². The minimum absolute atomic E-state index is 0.0927. The minimum atomic E-state index is 0.0927. The van der Waals surface area contributed by atoms with E-state index in [2.05, 4.69) is 58.6 Å². The van der Waals surface area contributed by atoms with Gasteiger partial charge < -0.3 is 20.3 Å². The third kappa shape index (κ3) is 5.10. The second kappa shape index (κ2) is 9.04. The van der Waals surface area contributed by atoms with Crippen molar-refractivity contribution < 1.29 is 4.74 Å². The lowest BCUT2D eigenvalue weighted by atomic mass is 9.98. The monoisotopic (exact) mass is 384 g/mol. The lowest BCUT2D eigenvalue weighted by molar-refractivity contribution is 0.415. The maximum Gasteiger partial charge on any atom is 0.174 e. The lowest BCUT2D eigenvalue weighted by Crippen LogP contribution is -2.33. The lowest BCUT2D eigenvalue weighted by Gasteiger charge is -2.32. The van der Waals surface area contributed by atoms with Crippen LogP contribution in [0.25, 0.3) is 0 Å². The standard InChI is InChI=1S/C21H28N4OS/c1-15-10-13-25(14-11-15)18-8-6-17(7-9-18)16(2)23-21(27)24-20-19(26-3)5-4-12-22-20/h4-9,12,15-16H,10-11,13-14H2,1-3H3,(H2,22,23,24,27). The molecule has 0 aliphatic carbocycles. The molecule has 1 aliphatic rings. The molecule has 1 atom stereocenters. The van der Waals surface area contributed by atoms with Gasteiger partial charge in [0.2, 0.25) is 0 Å². The maximum absolute atomic E-state index is 5.43. The van der Waals surface area contributed by atoms with Gasteiger partial charge in [0.05, 0.1) is 13.2 Å². The predicted octanol–water partition coefficient (Wildman–Crippen LogP) is 4.37. The Balaban J connectivity index is 1.57. The Bertz CT molecular complexity index is 757. The fourth-order valence-corrected chi connectivity index (χ4v) is 3.59. The first-order chi connectivity index (χ1) is 13.1. The van der Waals surface area contributed by atoms with Crippen molar-refractivity contribution in [2.24, 2.45) is 5.92 Å². The molecule has 1 aliphatic heterocycles. The number of benzene rings is 1. The van der Waals surface area contributed by atoms with Crippen molar-refractivity contribution in [1.29, 1.82) is 0 Å². The fraction of sp³-hybridized carbons (Fsp3) is 0.429. The van der Waals surface area contributed by atoms with Gasteiger partial charge in [-0.2, -0.15) is 0 Å². The summed E-state index contributed by atoms with van der Waals surface area (Å²) in [6, 6.07) is 12.5. The molecule has 1 aromatic heterocycles. The number of hydrogen-bond donors (Lipinski definition) is 2. The molecule has 0 spiro atoms. The molecular formula is C21H28N4OS. The second-order valence-electron chi connectivity index (χ2n) is 7.14. The molecule has 0 saturated carbocycles. The van der Waals surface area contributed by atoms with Gasteiger partial charge >= 0.3 is 0 Å². The van der Waals surface area contributed by atoms with Crippen LogP contribution in [0.3, 0.4) is 0 Å². The Hall–Kier alpha value is -2.34. The second-order valence-corrected chi connectivity index (χ2v) is 7.54. The molecule has 0 radical (unpaired) electrons. The van der Waals surface area contributed by atoms with E-state index in [0.717, 1.165) is 19.0 Å². The van der Waals surface area contributed by atoms with Gasteiger partial charge in [-0.3, -0.25) is 0 Å². The fourth-order valence-electron chi connectivity index (χ4n) is 3.31. The first-order valence-corrected chi connectivity index (χ1v) is 9.89. The number of aromatic nitrogens is 1. The highest BCUT2D eigenvalue weighted by Gasteiger charge is 2.16. The molecule has 1 unspecified atom stereocenters. The van der Waals surface area contributed by atoms with Crippen LogP contribution >= 0.6 is 12.2 Å². The molecule has 0 amide bonds. The summed E-state index contributed by atoms with van der Waals surface area (Å²) in [6.45, 7) is 6.73. The Morgan fingerprint density at radius 3 is 2.59 bits per heavy atom. The molecule has 144 valence electrons. The van der Waals surface area contributed by atoms with Crippen molar-refractivity contribution in [1.82, 2.24) is 10.3 Å². The minimum Gasteiger partial charge on any atom is -0.493 e. The number of hydrogen-bond acceptors (Lipinski definition) is 4. The third-order valence-corrected chi connectivity index (χ3v) is 5.33. The Morgan fingerprint density at radius 1 is 1.22 bits per heavy atom. The average molecular weight is 385 g/mol. The van der Waals surface area contributed by atoms with Crippen LogP contribution in [0.15, 0.2) is 42.6 Å². The molecule has 1 fully saturated rings. The van der Waals surface area contributed by atoms with Gasteiger partial charge in [-0.1, -0.05) is 19.1 Å². The molecule has 27 heavy (non-hydrogen) atoms. The van der Waals surface area contributed by atoms with Crippen LogP contribution in [0.1, 0.15) is 38.3 Å². The van der Waals surface area contributed by atoms with Gasteiger partial charge in [0.25, 0.3) is 0 Å². The van der Waals surface area contributed by atoms with Gasteiger partial charge in [-0.05, 0) is 67.7 Å². The van der Waals surface area contributed by atoms with Crippen LogP contribution in [0, 0.1) is 5.92 Å². The van der Waals surface area contributed by atoms with Gasteiger partial charge in [0.15, 0.2) is 16.7 Å². The average Bonchev–Trinajstić information content (AvgIpc) is 2.69. The number of ether oxygens (including phenoxy) is 1. The van der Waals surface area contributed by atoms with E-state index in [-0.39, 0.29) is 6.04 Å². The molecule has 1 saturated heterocycles. The Morgan fingerprint density at radius 2 is 1.93 bits per heavy atom. The number of methoxy groups -OCH3 is 1. The van der Waals surface area contributed by atoms with Crippen LogP contribution in [0.4, 0.5) is 11.5 Å². The zero-order chi connectivity index (χ0) is 19.2. The largest absolute Gasteiger partial charge is 0.493 e. The third-order valence-electron chi connectivity index (χ3n) is 5.11. The molecular weight excluding hydrogens is 356 g/mol. The van der Waals surface area contributed by atoms with Gasteiger partial charge in [0.1, 0.15) is 0 Å². The van der Waals surface area contributed by atoms with E-state index >= 15 is 0 Å². The summed E-state index contributed by atoms with van der Waals surface area (Å²) in [6.07, 6.45) is 4.25. The summed E-state index contributed by atoms with van der Waals surface area (Å²) in [5.74, 6) is 2.12. The number of nitrogens with one attached hydrogen (secondary N) is 2. The summed E-state index contributed by atoms with van der Waals surface area (Å²) in [7, 11) is 1.62. The van der Waals surface area contributed by atoms with Gasteiger partial charge in [-0.25, -0.2) is 4.98 Å².